The number of nitrogens with zero attached hydrogens (tertiary/aromatic N) is 1. The second-order valence-electron chi connectivity index (χ2n) is 5.67. The van der Waals surface area contributed by atoms with Gasteiger partial charge in [0.1, 0.15) is 12.2 Å². The average molecular weight is 338 g/mol. The van der Waals surface area contributed by atoms with Crippen LogP contribution in [0.15, 0.2) is 22.6 Å². The van der Waals surface area contributed by atoms with Crippen molar-refractivity contribution in [1.29, 1.82) is 0 Å². The zero-order valence-corrected chi connectivity index (χ0v) is 13.7. The Hall–Kier alpha value is -1.57. The van der Waals surface area contributed by atoms with Gasteiger partial charge in [0.2, 0.25) is 5.75 Å². The summed E-state index contributed by atoms with van der Waals surface area (Å²) in [6.07, 6.45) is 5.87. The third-order valence-corrected chi connectivity index (χ3v) is 4.26. The maximum atomic E-state index is 14.1. The molecule has 0 amide bonds. The van der Waals surface area contributed by atoms with Crippen LogP contribution in [-0.2, 0) is 4.33 Å². The molecule has 2 aromatic rings. The van der Waals surface area contributed by atoms with E-state index in [0.717, 1.165) is 18.5 Å². The van der Waals surface area contributed by atoms with Crippen LogP contribution in [0.1, 0.15) is 49.6 Å². The number of rotatable bonds is 5. The molecule has 23 heavy (non-hydrogen) atoms. The summed E-state index contributed by atoms with van der Waals surface area (Å²) in [5.41, 5.74) is 1.58. The molecule has 0 aliphatic heterocycles. The zero-order valence-electron chi connectivity index (χ0n) is 12.9. The third-order valence-electron chi connectivity index (χ3n) is 4.11. The molecule has 0 bridgehead atoms. The van der Waals surface area contributed by atoms with Crippen LogP contribution in [0.25, 0.3) is 11.3 Å². The first-order valence-electron chi connectivity index (χ1n) is 7.66. The lowest BCUT2D eigenvalue weighted by molar-refractivity contribution is -0.0810. The lowest BCUT2D eigenvalue weighted by atomic mass is 9.85. The van der Waals surface area contributed by atoms with Gasteiger partial charge >= 0.3 is 0 Å². The van der Waals surface area contributed by atoms with Crippen molar-refractivity contribution in [3.05, 3.63) is 35.6 Å². The second kappa shape index (κ2) is 7.33. The summed E-state index contributed by atoms with van der Waals surface area (Å²) >= 11 is 0.513. The van der Waals surface area contributed by atoms with Crippen molar-refractivity contribution in [2.75, 3.05) is 0 Å². The summed E-state index contributed by atoms with van der Waals surface area (Å²) < 4.78 is 24.4. The van der Waals surface area contributed by atoms with Gasteiger partial charge in [-0.15, -0.1) is 0 Å². The number of benzene rings is 1. The van der Waals surface area contributed by atoms with Gasteiger partial charge in [0.25, 0.3) is 0 Å². The number of aromatic nitrogens is 1. The molecule has 1 aliphatic rings. The minimum absolute atomic E-state index is 0.0258. The Labute approximate surface area is 138 Å². The van der Waals surface area contributed by atoms with Crippen molar-refractivity contribution in [2.24, 2.45) is 5.14 Å². The number of hydrogen-bond donors (Lipinski definition) is 1. The van der Waals surface area contributed by atoms with Crippen LogP contribution in [0, 0.1) is 12.7 Å². The van der Waals surface area contributed by atoms with Crippen molar-refractivity contribution in [1.82, 2.24) is 4.98 Å². The Bertz CT molecular complexity index is 671. The van der Waals surface area contributed by atoms with E-state index in [2.05, 4.69) is 9.32 Å². The zero-order chi connectivity index (χ0) is 16.2. The second-order valence-corrected chi connectivity index (χ2v) is 6.00. The quantitative estimate of drug-likeness (QED) is 0.370. The van der Waals surface area contributed by atoms with E-state index in [1.165, 1.54) is 31.4 Å². The molecule has 0 unspecified atom stereocenters. The highest BCUT2D eigenvalue weighted by Gasteiger charge is 2.24. The highest BCUT2D eigenvalue weighted by Crippen LogP contribution is 2.38. The largest absolute Gasteiger partial charge is 0.441 e. The van der Waals surface area contributed by atoms with E-state index in [-0.39, 0.29) is 5.75 Å². The van der Waals surface area contributed by atoms with Crippen LogP contribution in [0.3, 0.4) is 0 Å². The van der Waals surface area contributed by atoms with Gasteiger partial charge in [0.05, 0.1) is 5.69 Å². The minimum Gasteiger partial charge on any atom is -0.441 e. The Balaban J connectivity index is 1.90. The van der Waals surface area contributed by atoms with Gasteiger partial charge < -0.3 is 9.30 Å². The van der Waals surface area contributed by atoms with Gasteiger partial charge in [-0.3, -0.25) is 5.14 Å². The highest BCUT2D eigenvalue weighted by atomic mass is 32.2. The Morgan fingerprint density at radius 1 is 1.30 bits per heavy atom. The van der Waals surface area contributed by atoms with Gasteiger partial charge in [-0.2, -0.15) is 0 Å². The molecule has 5 nitrogen and oxygen atoms in total. The molecule has 0 radical (unpaired) electrons. The maximum Gasteiger partial charge on any atom is 0.202 e. The van der Waals surface area contributed by atoms with Crippen molar-refractivity contribution in [3.63, 3.8) is 0 Å². The molecule has 1 saturated carbocycles. The number of nitrogens with two attached hydrogens (primary N) is 1. The smallest absolute Gasteiger partial charge is 0.202 e. The topological polar surface area (TPSA) is 70.5 Å². The summed E-state index contributed by atoms with van der Waals surface area (Å²) in [5, 5.41) is 5.08. The number of aryl methyl sites for hydroxylation is 1. The van der Waals surface area contributed by atoms with Crippen LogP contribution in [-0.4, -0.2) is 4.98 Å². The summed E-state index contributed by atoms with van der Waals surface area (Å²) in [7, 11) is 0. The van der Waals surface area contributed by atoms with Gasteiger partial charge in [0.15, 0.2) is 17.5 Å². The Morgan fingerprint density at radius 2 is 2.09 bits per heavy atom. The van der Waals surface area contributed by atoms with E-state index in [0.29, 0.717) is 35.4 Å². The molecule has 0 spiro atoms. The summed E-state index contributed by atoms with van der Waals surface area (Å²) in [6, 6.07) is 4.59. The van der Waals surface area contributed by atoms with Gasteiger partial charge in [-0.25, -0.2) is 9.37 Å². The molecule has 1 aromatic carbocycles. The van der Waals surface area contributed by atoms with Crippen LogP contribution in [0.2, 0.25) is 0 Å². The molecule has 7 heteroatoms. The molecule has 2 N–H and O–H groups in total. The predicted molar refractivity (Wildman–Crippen MR) is 86.0 cm³/mol. The number of halogens is 1. The molecule has 3 rings (SSSR count). The maximum absolute atomic E-state index is 14.1. The van der Waals surface area contributed by atoms with E-state index in [1.807, 2.05) is 6.92 Å². The van der Waals surface area contributed by atoms with Crippen molar-refractivity contribution < 1.29 is 18.0 Å². The number of oxazole rings is 1. The normalized spacial score (nSPS) is 15.8. The third kappa shape index (κ3) is 3.68. The van der Waals surface area contributed by atoms with E-state index in [1.54, 1.807) is 6.07 Å². The van der Waals surface area contributed by atoms with E-state index >= 15 is 0 Å². The predicted octanol–water partition coefficient (Wildman–Crippen LogP) is 4.67. The van der Waals surface area contributed by atoms with Crippen LogP contribution in [0.4, 0.5) is 4.39 Å². The van der Waals surface area contributed by atoms with Gasteiger partial charge in [0, 0.05) is 18.4 Å². The molecular weight excluding hydrogens is 319 g/mol. The standard InChI is InChI=1S/C16H19FN2O3S/c1-10-19-15(11-5-3-2-4-6-11)16(20-10)12-7-8-14(13(17)9-12)21-22-23-18/h7-9,11H,2-6,18H2,1H3. The highest BCUT2D eigenvalue weighted by molar-refractivity contribution is 7.92. The van der Waals surface area contributed by atoms with E-state index in [4.69, 9.17) is 14.4 Å². The molecule has 0 atom stereocenters. The fourth-order valence-corrected chi connectivity index (χ4v) is 3.18. The van der Waals surface area contributed by atoms with Crippen molar-refractivity contribution in [3.8, 4) is 17.1 Å². The van der Waals surface area contributed by atoms with Crippen molar-refractivity contribution in [2.45, 2.75) is 44.9 Å². The molecule has 1 heterocycles. The summed E-state index contributed by atoms with van der Waals surface area (Å²) in [4.78, 5) is 9.29. The molecule has 0 saturated heterocycles. The lowest BCUT2D eigenvalue weighted by Crippen LogP contribution is -2.06. The molecule has 1 aliphatic carbocycles. The first kappa shape index (κ1) is 16.3. The number of hydrogen-bond acceptors (Lipinski definition) is 6. The van der Waals surface area contributed by atoms with Crippen LogP contribution >= 0.6 is 12.2 Å². The lowest BCUT2D eigenvalue weighted by Gasteiger charge is -2.20. The SMILES string of the molecule is Cc1nc(C2CCCCC2)c(-c2ccc(OOSN)c(F)c2)o1. The Morgan fingerprint density at radius 3 is 2.78 bits per heavy atom. The van der Waals surface area contributed by atoms with Crippen molar-refractivity contribution >= 4 is 12.2 Å². The van der Waals surface area contributed by atoms with Gasteiger partial charge in [-0.1, -0.05) is 23.6 Å². The van der Waals surface area contributed by atoms with Crippen LogP contribution < -0.4 is 10.0 Å². The van der Waals surface area contributed by atoms with Crippen LogP contribution in [0.5, 0.6) is 5.75 Å². The Kier molecular flexibility index (Phi) is 5.20. The fraction of sp³-hybridized carbons (Fsp3) is 0.438. The van der Waals surface area contributed by atoms with E-state index in [9.17, 15) is 4.39 Å². The fourth-order valence-electron chi connectivity index (χ4n) is 3.07. The minimum atomic E-state index is -0.541. The molecule has 1 fully saturated rings. The van der Waals surface area contributed by atoms with Gasteiger partial charge in [-0.05, 0) is 31.0 Å². The molecule has 124 valence electrons. The first-order chi connectivity index (χ1) is 11.2. The monoisotopic (exact) mass is 338 g/mol. The van der Waals surface area contributed by atoms with E-state index < -0.39 is 5.82 Å². The summed E-state index contributed by atoms with van der Waals surface area (Å²) in [6.45, 7) is 1.82. The molecule has 1 aromatic heterocycles. The first-order valence-corrected chi connectivity index (χ1v) is 8.47. The average Bonchev–Trinajstić information content (AvgIpc) is 2.96. The molecular formula is C16H19FN2O3S. The summed E-state index contributed by atoms with van der Waals surface area (Å²) in [5.74, 6) is 1.06.